The van der Waals surface area contributed by atoms with E-state index < -0.39 is 0 Å². The van der Waals surface area contributed by atoms with Crippen molar-refractivity contribution in [3.8, 4) is 0 Å². The molecule has 0 saturated carbocycles. The summed E-state index contributed by atoms with van der Waals surface area (Å²) in [5.74, 6) is 0. The second-order valence-electron chi connectivity index (χ2n) is 6.46. The Balaban J connectivity index is 1.73. The first kappa shape index (κ1) is 12.2. The first-order valence-corrected chi connectivity index (χ1v) is 6.86. The summed E-state index contributed by atoms with van der Waals surface area (Å²) in [4.78, 5) is 0. The molecule has 0 N–H and O–H groups in total. The second kappa shape index (κ2) is 4.07. The van der Waals surface area contributed by atoms with Gasteiger partial charge in [0.15, 0.2) is 0 Å². The maximum atomic E-state index is 6.22. The van der Waals surface area contributed by atoms with Gasteiger partial charge in [-0.1, -0.05) is 44.2 Å². The zero-order valence-corrected chi connectivity index (χ0v) is 11.5. The fraction of sp³-hybridized carbons (Fsp3) is 0.625. The van der Waals surface area contributed by atoms with Crippen LogP contribution in [0.1, 0.15) is 39.2 Å². The van der Waals surface area contributed by atoms with Crippen molar-refractivity contribution in [3.63, 3.8) is 0 Å². The topological polar surface area (TPSA) is 18.5 Å². The van der Waals surface area contributed by atoms with Gasteiger partial charge in [-0.3, -0.25) is 0 Å². The normalized spacial score (nSPS) is 37.1. The van der Waals surface area contributed by atoms with Gasteiger partial charge in [0.25, 0.3) is 0 Å². The Hall–Kier alpha value is -0.860. The highest BCUT2D eigenvalue weighted by atomic mass is 16.6. The van der Waals surface area contributed by atoms with E-state index in [9.17, 15) is 0 Å². The largest absolute Gasteiger partial charge is 0.370 e. The van der Waals surface area contributed by atoms with Crippen LogP contribution in [0.5, 0.6) is 0 Å². The molecule has 0 radical (unpaired) electrons. The summed E-state index contributed by atoms with van der Waals surface area (Å²) < 4.78 is 12.4. The van der Waals surface area contributed by atoms with E-state index >= 15 is 0 Å². The molecule has 2 fully saturated rings. The third-order valence-corrected chi connectivity index (χ3v) is 4.63. The summed E-state index contributed by atoms with van der Waals surface area (Å²) in [5, 5.41) is 0. The van der Waals surface area contributed by atoms with Gasteiger partial charge >= 0.3 is 0 Å². The minimum Gasteiger partial charge on any atom is -0.370 e. The van der Waals surface area contributed by atoms with Crippen molar-refractivity contribution in [1.29, 1.82) is 0 Å². The molecule has 2 bridgehead atoms. The quantitative estimate of drug-likeness (QED) is 0.812. The highest BCUT2D eigenvalue weighted by Gasteiger charge is 2.61. The minimum absolute atomic E-state index is 0.0804. The maximum Gasteiger partial charge on any atom is 0.0942 e. The van der Waals surface area contributed by atoms with Crippen LogP contribution in [0.2, 0.25) is 0 Å². The predicted octanol–water partition coefficient (Wildman–Crippen LogP) is 3.55. The summed E-state index contributed by atoms with van der Waals surface area (Å²) in [7, 11) is 0. The Morgan fingerprint density at radius 1 is 1.22 bits per heavy atom. The van der Waals surface area contributed by atoms with Crippen molar-refractivity contribution in [1.82, 2.24) is 0 Å². The van der Waals surface area contributed by atoms with Crippen LogP contribution in [0.3, 0.4) is 0 Å². The van der Waals surface area contributed by atoms with E-state index in [1.165, 1.54) is 12.0 Å². The molecule has 98 valence electrons. The van der Waals surface area contributed by atoms with Crippen LogP contribution < -0.4 is 0 Å². The van der Waals surface area contributed by atoms with E-state index in [1.54, 1.807) is 0 Å². The van der Waals surface area contributed by atoms with Crippen LogP contribution in [0.4, 0.5) is 0 Å². The lowest BCUT2D eigenvalue weighted by atomic mass is 9.70. The van der Waals surface area contributed by atoms with E-state index in [4.69, 9.17) is 9.47 Å². The monoisotopic (exact) mass is 246 g/mol. The third kappa shape index (κ3) is 1.79. The molecule has 2 nitrogen and oxygen atoms in total. The molecule has 3 atom stereocenters. The van der Waals surface area contributed by atoms with Gasteiger partial charge in [-0.2, -0.15) is 0 Å². The fourth-order valence-corrected chi connectivity index (χ4v) is 3.68. The molecule has 18 heavy (non-hydrogen) atoms. The molecule has 2 heterocycles. The van der Waals surface area contributed by atoms with Crippen molar-refractivity contribution < 1.29 is 9.47 Å². The van der Waals surface area contributed by atoms with Gasteiger partial charge in [0, 0.05) is 5.41 Å². The first-order valence-electron chi connectivity index (χ1n) is 6.86. The van der Waals surface area contributed by atoms with Crippen LogP contribution in [0, 0.1) is 5.41 Å². The Bertz CT molecular complexity index is 421. The van der Waals surface area contributed by atoms with Crippen LogP contribution in [0.15, 0.2) is 30.3 Å². The molecule has 0 aromatic heterocycles. The molecule has 3 unspecified atom stereocenters. The molecule has 0 aliphatic carbocycles. The van der Waals surface area contributed by atoms with E-state index in [2.05, 4.69) is 45.0 Å². The van der Waals surface area contributed by atoms with Crippen LogP contribution in [-0.4, -0.2) is 17.8 Å². The fourth-order valence-electron chi connectivity index (χ4n) is 3.68. The standard InChI is InChI=1S/C16H22O2/c1-15(2)13-9-10-16(3,18-13)14(15)17-11-12-7-5-4-6-8-12/h4-8,13-14H,9-11H2,1-3H3. The molecule has 3 rings (SSSR count). The second-order valence-corrected chi connectivity index (χ2v) is 6.46. The SMILES string of the molecule is CC12CCC(O1)C(C)(C)C2OCc1ccccc1. The van der Waals surface area contributed by atoms with Gasteiger partial charge in [-0.25, -0.2) is 0 Å². The summed E-state index contributed by atoms with van der Waals surface area (Å²) in [6, 6.07) is 10.4. The smallest absolute Gasteiger partial charge is 0.0942 e. The lowest BCUT2D eigenvalue weighted by Gasteiger charge is -2.38. The summed E-state index contributed by atoms with van der Waals surface area (Å²) in [6.07, 6.45) is 2.86. The number of fused-ring (bicyclic) bond motifs is 2. The van der Waals surface area contributed by atoms with Crippen molar-refractivity contribution in [2.24, 2.45) is 5.41 Å². The molecule has 2 aliphatic rings. The maximum absolute atomic E-state index is 6.22. The molecule has 2 heteroatoms. The van der Waals surface area contributed by atoms with Crippen LogP contribution in [-0.2, 0) is 16.1 Å². The van der Waals surface area contributed by atoms with E-state index in [-0.39, 0.29) is 17.1 Å². The zero-order chi connectivity index (χ0) is 12.8. The van der Waals surface area contributed by atoms with Crippen molar-refractivity contribution in [2.75, 3.05) is 0 Å². The number of hydrogen-bond donors (Lipinski definition) is 0. The van der Waals surface area contributed by atoms with Crippen LogP contribution in [0.25, 0.3) is 0 Å². The summed E-state index contributed by atoms with van der Waals surface area (Å²) in [5.41, 5.74) is 1.28. The Morgan fingerprint density at radius 2 is 1.94 bits per heavy atom. The molecule has 0 spiro atoms. The lowest BCUT2D eigenvalue weighted by Crippen LogP contribution is -2.47. The predicted molar refractivity (Wildman–Crippen MR) is 71.3 cm³/mol. The average molecular weight is 246 g/mol. The molecule has 2 saturated heterocycles. The number of hydrogen-bond acceptors (Lipinski definition) is 2. The highest BCUT2D eigenvalue weighted by molar-refractivity contribution is 5.15. The Labute approximate surface area is 109 Å². The average Bonchev–Trinajstić information content (AvgIpc) is 2.81. The molecule has 2 aliphatic heterocycles. The molecular weight excluding hydrogens is 224 g/mol. The van der Waals surface area contributed by atoms with Gasteiger partial charge in [-0.15, -0.1) is 0 Å². The van der Waals surface area contributed by atoms with Gasteiger partial charge < -0.3 is 9.47 Å². The Morgan fingerprint density at radius 3 is 2.56 bits per heavy atom. The zero-order valence-electron chi connectivity index (χ0n) is 11.5. The number of benzene rings is 1. The molecule has 1 aromatic carbocycles. The van der Waals surface area contributed by atoms with Gasteiger partial charge in [0.1, 0.15) is 0 Å². The highest BCUT2D eigenvalue weighted by Crippen LogP contribution is 2.55. The summed E-state index contributed by atoms with van der Waals surface area (Å²) in [6.45, 7) is 7.44. The van der Waals surface area contributed by atoms with Gasteiger partial charge in [-0.05, 0) is 25.3 Å². The molecule has 1 aromatic rings. The number of ether oxygens (including phenoxy) is 2. The van der Waals surface area contributed by atoms with E-state index in [0.29, 0.717) is 12.7 Å². The Kier molecular flexibility index (Phi) is 2.76. The minimum atomic E-state index is -0.0804. The summed E-state index contributed by atoms with van der Waals surface area (Å²) >= 11 is 0. The van der Waals surface area contributed by atoms with Crippen LogP contribution >= 0.6 is 0 Å². The third-order valence-electron chi connectivity index (χ3n) is 4.63. The molecule has 0 amide bonds. The van der Waals surface area contributed by atoms with E-state index in [0.717, 1.165) is 6.42 Å². The van der Waals surface area contributed by atoms with Gasteiger partial charge in [0.2, 0.25) is 0 Å². The van der Waals surface area contributed by atoms with Crippen molar-refractivity contribution in [2.45, 2.75) is 58.0 Å². The first-order chi connectivity index (χ1) is 8.52. The molecular formula is C16H22O2. The lowest BCUT2D eigenvalue weighted by molar-refractivity contribution is -0.0887. The van der Waals surface area contributed by atoms with Crippen molar-refractivity contribution >= 4 is 0 Å². The van der Waals surface area contributed by atoms with Gasteiger partial charge in [0.05, 0.1) is 24.4 Å². The van der Waals surface area contributed by atoms with Crippen molar-refractivity contribution in [3.05, 3.63) is 35.9 Å². The van der Waals surface area contributed by atoms with E-state index in [1.807, 2.05) is 6.07 Å². The number of rotatable bonds is 3.